The Morgan fingerprint density at radius 3 is 2.12 bits per heavy atom. The Hall–Kier alpha value is -2.36. The van der Waals surface area contributed by atoms with Crippen molar-refractivity contribution in [2.75, 3.05) is 0 Å². The van der Waals surface area contributed by atoms with E-state index in [1.165, 1.54) is 12.1 Å². The van der Waals surface area contributed by atoms with Crippen molar-refractivity contribution >= 4 is 22.5 Å². The van der Waals surface area contributed by atoms with Gasteiger partial charge in [-0.3, -0.25) is 9.59 Å². The lowest BCUT2D eigenvalue weighted by Crippen LogP contribution is -2.24. The minimum Gasteiger partial charge on any atom is -0.508 e. The molecule has 1 aromatic carbocycles. The van der Waals surface area contributed by atoms with Gasteiger partial charge < -0.3 is 9.52 Å². The van der Waals surface area contributed by atoms with E-state index in [0.717, 1.165) is 0 Å². The van der Waals surface area contributed by atoms with Crippen molar-refractivity contribution in [2.45, 2.75) is 47.0 Å². The van der Waals surface area contributed by atoms with Crippen molar-refractivity contribution in [1.82, 2.24) is 0 Å². The van der Waals surface area contributed by atoms with Gasteiger partial charge in [-0.1, -0.05) is 41.5 Å². The SMILES string of the molecule is CC(C)(C)C1=CC(=O)c2c(oc3cc(C(C)(C)C)c(O)cc23)C1=O. The lowest BCUT2D eigenvalue weighted by atomic mass is 9.78. The molecule has 4 heteroatoms. The molecule has 1 heterocycles. The highest BCUT2D eigenvalue weighted by molar-refractivity contribution is 6.28. The molecule has 1 aromatic heterocycles. The number of aromatic hydroxyl groups is 1. The third kappa shape index (κ3) is 2.37. The summed E-state index contributed by atoms with van der Waals surface area (Å²) >= 11 is 0. The maximum absolute atomic E-state index is 12.8. The molecule has 2 aromatic rings. The van der Waals surface area contributed by atoms with Crippen LogP contribution in [0.15, 0.2) is 28.2 Å². The standard InChI is InChI=1S/C20H22O4/c1-19(2,3)11-9-15-10(7-13(11)21)16-14(22)8-12(20(4,5)6)17(23)18(16)24-15/h7-9,21H,1-6H3. The monoisotopic (exact) mass is 326 g/mol. The van der Waals surface area contributed by atoms with E-state index in [1.54, 1.807) is 6.07 Å². The predicted molar refractivity (Wildman–Crippen MR) is 92.8 cm³/mol. The Balaban J connectivity index is 2.28. The first kappa shape index (κ1) is 16.5. The second-order valence-corrected chi connectivity index (χ2v) is 8.42. The summed E-state index contributed by atoms with van der Waals surface area (Å²) in [7, 11) is 0. The van der Waals surface area contributed by atoms with E-state index in [0.29, 0.717) is 22.1 Å². The van der Waals surface area contributed by atoms with E-state index < -0.39 is 5.41 Å². The Morgan fingerprint density at radius 1 is 0.958 bits per heavy atom. The molecule has 0 bridgehead atoms. The van der Waals surface area contributed by atoms with E-state index in [4.69, 9.17) is 4.42 Å². The Bertz CT molecular complexity index is 912. The van der Waals surface area contributed by atoms with Crippen molar-refractivity contribution in [2.24, 2.45) is 5.41 Å². The van der Waals surface area contributed by atoms with Gasteiger partial charge in [0.2, 0.25) is 5.78 Å². The van der Waals surface area contributed by atoms with Gasteiger partial charge in [0.15, 0.2) is 11.5 Å². The van der Waals surface area contributed by atoms with E-state index in [-0.39, 0.29) is 34.1 Å². The third-order valence-electron chi connectivity index (χ3n) is 4.40. The number of allylic oxidation sites excluding steroid dienone is 2. The van der Waals surface area contributed by atoms with Gasteiger partial charge in [-0.15, -0.1) is 0 Å². The van der Waals surface area contributed by atoms with Crippen LogP contribution >= 0.6 is 0 Å². The molecule has 0 fully saturated rings. The molecule has 0 unspecified atom stereocenters. The molecule has 1 aliphatic carbocycles. The van der Waals surface area contributed by atoms with Crippen molar-refractivity contribution in [3.63, 3.8) is 0 Å². The first-order valence-corrected chi connectivity index (χ1v) is 8.02. The second-order valence-electron chi connectivity index (χ2n) is 8.42. The van der Waals surface area contributed by atoms with Crippen molar-refractivity contribution < 1.29 is 19.1 Å². The van der Waals surface area contributed by atoms with Gasteiger partial charge in [-0.2, -0.15) is 0 Å². The normalized spacial score (nSPS) is 15.7. The average Bonchev–Trinajstić information content (AvgIpc) is 2.78. The first-order chi connectivity index (χ1) is 10.9. The second kappa shape index (κ2) is 4.82. The van der Waals surface area contributed by atoms with Gasteiger partial charge >= 0.3 is 0 Å². The van der Waals surface area contributed by atoms with Crippen LogP contribution in [0.4, 0.5) is 0 Å². The molecular formula is C20H22O4. The molecule has 1 aliphatic rings. The lowest BCUT2D eigenvalue weighted by molar-refractivity contribution is 0.0947. The molecule has 24 heavy (non-hydrogen) atoms. The fourth-order valence-electron chi connectivity index (χ4n) is 3.08. The number of carbonyl (C=O) groups is 2. The summed E-state index contributed by atoms with van der Waals surface area (Å²) in [5.41, 5.74) is 1.13. The highest BCUT2D eigenvalue weighted by Gasteiger charge is 2.37. The third-order valence-corrected chi connectivity index (χ3v) is 4.40. The number of phenols is 1. The smallest absolute Gasteiger partial charge is 0.225 e. The average molecular weight is 326 g/mol. The van der Waals surface area contributed by atoms with Crippen LogP contribution in [0, 0.1) is 5.41 Å². The molecular weight excluding hydrogens is 304 g/mol. The molecule has 0 spiro atoms. The Kier molecular flexibility index (Phi) is 3.31. The highest BCUT2D eigenvalue weighted by atomic mass is 16.3. The summed E-state index contributed by atoms with van der Waals surface area (Å²) in [6, 6.07) is 3.25. The van der Waals surface area contributed by atoms with Crippen LogP contribution in [0.1, 0.15) is 68.0 Å². The number of hydrogen-bond acceptors (Lipinski definition) is 4. The molecule has 126 valence electrons. The zero-order valence-electron chi connectivity index (χ0n) is 14.9. The first-order valence-electron chi connectivity index (χ1n) is 8.02. The Morgan fingerprint density at radius 2 is 1.58 bits per heavy atom. The number of fused-ring (bicyclic) bond motifs is 3. The van der Waals surface area contributed by atoms with Gasteiger partial charge in [0, 0.05) is 16.5 Å². The van der Waals surface area contributed by atoms with Crippen molar-refractivity contribution in [3.8, 4) is 5.75 Å². The maximum atomic E-state index is 12.8. The predicted octanol–water partition coefficient (Wildman–Crippen LogP) is 4.79. The molecule has 0 atom stereocenters. The molecule has 0 aliphatic heterocycles. The van der Waals surface area contributed by atoms with Gasteiger partial charge in [-0.25, -0.2) is 0 Å². The molecule has 0 saturated carbocycles. The number of phenolic OH excluding ortho intramolecular Hbond substituents is 1. The van der Waals surface area contributed by atoms with Crippen LogP contribution in [0.5, 0.6) is 5.75 Å². The quantitative estimate of drug-likeness (QED) is 0.756. The molecule has 3 rings (SSSR count). The number of rotatable bonds is 0. The van der Waals surface area contributed by atoms with Crippen LogP contribution in [0.25, 0.3) is 11.0 Å². The summed E-state index contributed by atoms with van der Waals surface area (Å²) in [5.74, 6) is -0.335. The zero-order chi connectivity index (χ0) is 18.0. The summed E-state index contributed by atoms with van der Waals surface area (Å²) in [6.07, 6.45) is 1.40. The topological polar surface area (TPSA) is 67.5 Å². The summed E-state index contributed by atoms with van der Waals surface area (Å²) in [5, 5.41) is 10.8. The van der Waals surface area contributed by atoms with Crippen molar-refractivity contribution in [3.05, 3.63) is 40.7 Å². The summed E-state index contributed by atoms with van der Waals surface area (Å²) in [4.78, 5) is 25.4. The number of carbonyl (C=O) groups excluding carboxylic acids is 2. The number of ketones is 2. The van der Waals surface area contributed by atoms with Crippen LogP contribution in [0.3, 0.4) is 0 Å². The number of furan rings is 1. The number of Topliss-reactive ketones (excluding diaryl/α,β-unsaturated/α-hetero) is 1. The highest BCUT2D eigenvalue weighted by Crippen LogP contribution is 2.41. The molecule has 4 nitrogen and oxygen atoms in total. The molecule has 0 saturated heterocycles. The van der Waals surface area contributed by atoms with Gasteiger partial charge in [0.25, 0.3) is 0 Å². The van der Waals surface area contributed by atoms with E-state index in [1.807, 2.05) is 41.5 Å². The minimum absolute atomic E-state index is 0.0767. The largest absolute Gasteiger partial charge is 0.508 e. The zero-order valence-corrected chi connectivity index (χ0v) is 14.9. The summed E-state index contributed by atoms with van der Waals surface area (Å²) < 4.78 is 5.77. The van der Waals surface area contributed by atoms with E-state index in [2.05, 4.69) is 0 Å². The maximum Gasteiger partial charge on any atom is 0.225 e. The van der Waals surface area contributed by atoms with Crippen LogP contribution in [-0.2, 0) is 5.41 Å². The fourth-order valence-corrected chi connectivity index (χ4v) is 3.08. The van der Waals surface area contributed by atoms with Gasteiger partial charge in [0.05, 0.1) is 5.56 Å². The van der Waals surface area contributed by atoms with Gasteiger partial charge in [0.1, 0.15) is 11.3 Å². The summed E-state index contributed by atoms with van der Waals surface area (Å²) in [6.45, 7) is 11.6. The number of hydrogen-bond donors (Lipinski definition) is 1. The number of benzene rings is 1. The fraction of sp³-hybridized carbons (Fsp3) is 0.400. The molecule has 1 N–H and O–H groups in total. The Labute approximate surface area is 141 Å². The molecule has 0 amide bonds. The van der Waals surface area contributed by atoms with Gasteiger partial charge in [-0.05, 0) is 29.0 Å². The minimum atomic E-state index is -0.442. The molecule has 0 radical (unpaired) electrons. The van der Waals surface area contributed by atoms with Crippen molar-refractivity contribution in [1.29, 1.82) is 0 Å². The van der Waals surface area contributed by atoms with Crippen LogP contribution in [0.2, 0.25) is 0 Å². The lowest BCUT2D eigenvalue weighted by Gasteiger charge is -2.23. The van der Waals surface area contributed by atoms with E-state index in [9.17, 15) is 14.7 Å². The van der Waals surface area contributed by atoms with E-state index >= 15 is 0 Å². The van der Waals surface area contributed by atoms with Crippen LogP contribution in [-0.4, -0.2) is 16.7 Å². The van der Waals surface area contributed by atoms with Crippen LogP contribution < -0.4 is 0 Å².